The van der Waals surface area contributed by atoms with Crippen LogP contribution in [-0.4, -0.2) is 16.9 Å². The molecule has 1 heterocycles. The molecule has 0 aliphatic heterocycles. The van der Waals surface area contributed by atoms with Gasteiger partial charge in [-0.25, -0.2) is 4.79 Å². The van der Waals surface area contributed by atoms with Crippen LogP contribution in [0.4, 0.5) is 16.2 Å². The van der Waals surface area contributed by atoms with Crippen LogP contribution < -0.4 is 16.4 Å². The number of hydrogen-bond donors (Lipinski definition) is 3. The van der Waals surface area contributed by atoms with E-state index in [0.717, 1.165) is 0 Å². The Morgan fingerprint density at radius 1 is 1.10 bits per heavy atom. The van der Waals surface area contributed by atoms with E-state index in [1.54, 1.807) is 36.5 Å². The van der Waals surface area contributed by atoms with Crippen LogP contribution >= 0.6 is 15.9 Å². The number of carbonyl (C=O) groups is 2. The summed E-state index contributed by atoms with van der Waals surface area (Å²) < 4.78 is 0.717. The summed E-state index contributed by atoms with van der Waals surface area (Å²) in [5, 5.41) is 5.14. The van der Waals surface area contributed by atoms with E-state index < -0.39 is 6.03 Å². The molecule has 0 saturated carbocycles. The summed E-state index contributed by atoms with van der Waals surface area (Å²) in [4.78, 5) is 26.7. The number of hydrogen-bond acceptors (Lipinski definition) is 3. The van der Waals surface area contributed by atoms with Gasteiger partial charge in [-0.05, 0) is 40.2 Å². The minimum absolute atomic E-state index is 0.296. The van der Waals surface area contributed by atoms with Crippen molar-refractivity contribution >= 4 is 39.2 Å². The van der Waals surface area contributed by atoms with Crippen LogP contribution in [0.2, 0.25) is 0 Å². The van der Waals surface area contributed by atoms with E-state index in [2.05, 4.69) is 31.5 Å². The summed E-state index contributed by atoms with van der Waals surface area (Å²) in [6, 6.07) is 7.67. The first kappa shape index (κ1) is 14.0. The Morgan fingerprint density at radius 2 is 1.80 bits per heavy atom. The highest BCUT2D eigenvalue weighted by Gasteiger charge is 2.07. The van der Waals surface area contributed by atoms with E-state index in [1.807, 2.05) is 0 Å². The van der Waals surface area contributed by atoms with Crippen molar-refractivity contribution in [2.24, 2.45) is 5.73 Å². The molecule has 4 N–H and O–H groups in total. The van der Waals surface area contributed by atoms with Crippen molar-refractivity contribution in [1.29, 1.82) is 0 Å². The summed E-state index contributed by atoms with van der Waals surface area (Å²) in [6.45, 7) is 0. The van der Waals surface area contributed by atoms with Gasteiger partial charge in [-0.1, -0.05) is 6.07 Å². The smallest absolute Gasteiger partial charge is 0.316 e. The molecule has 3 amide bonds. The zero-order valence-electron chi connectivity index (χ0n) is 10.3. The molecule has 0 saturated heterocycles. The predicted octanol–water partition coefficient (Wildman–Crippen LogP) is 2.59. The SMILES string of the molecule is NC(=O)Nc1cccc(NC(=O)c2cncc(Br)c2)c1. The Labute approximate surface area is 123 Å². The van der Waals surface area contributed by atoms with E-state index in [4.69, 9.17) is 5.73 Å². The van der Waals surface area contributed by atoms with E-state index >= 15 is 0 Å². The number of anilines is 2. The molecular weight excluding hydrogens is 324 g/mol. The van der Waals surface area contributed by atoms with Gasteiger partial charge in [-0.2, -0.15) is 0 Å². The van der Waals surface area contributed by atoms with Crippen LogP contribution in [0.25, 0.3) is 0 Å². The van der Waals surface area contributed by atoms with Crippen LogP contribution in [0, 0.1) is 0 Å². The van der Waals surface area contributed by atoms with Crippen molar-refractivity contribution in [2.45, 2.75) is 0 Å². The lowest BCUT2D eigenvalue weighted by Crippen LogP contribution is -2.19. The molecule has 6 nitrogen and oxygen atoms in total. The third-order valence-corrected chi connectivity index (χ3v) is 2.79. The summed E-state index contributed by atoms with van der Waals surface area (Å²) in [7, 11) is 0. The van der Waals surface area contributed by atoms with Crippen LogP contribution in [-0.2, 0) is 0 Å². The summed E-state index contributed by atoms with van der Waals surface area (Å²) in [5.41, 5.74) is 6.50. The largest absolute Gasteiger partial charge is 0.351 e. The van der Waals surface area contributed by atoms with Gasteiger partial charge in [0.2, 0.25) is 0 Å². The second-order valence-electron chi connectivity index (χ2n) is 3.92. The molecule has 1 aromatic heterocycles. The second kappa shape index (κ2) is 6.16. The van der Waals surface area contributed by atoms with Crippen LogP contribution in [0.15, 0.2) is 47.2 Å². The van der Waals surface area contributed by atoms with Crippen LogP contribution in [0.3, 0.4) is 0 Å². The Hall–Kier alpha value is -2.41. The molecule has 0 spiro atoms. The molecule has 0 bridgehead atoms. The number of carbonyl (C=O) groups excluding carboxylic acids is 2. The molecule has 0 aliphatic carbocycles. The Bertz CT molecular complexity index is 660. The predicted molar refractivity (Wildman–Crippen MR) is 79.5 cm³/mol. The van der Waals surface area contributed by atoms with Crippen molar-refractivity contribution in [3.8, 4) is 0 Å². The first-order valence-electron chi connectivity index (χ1n) is 5.63. The van der Waals surface area contributed by atoms with Gasteiger partial charge in [-0.15, -0.1) is 0 Å². The topological polar surface area (TPSA) is 97.1 Å². The van der Waals surface area contributed by atoms with Gasteiger partial charge in [0.1, 0.15) is 0 Å². The number of rotatable bonds is 3. The molecule has 0 radical (unpaired) electrons. The maximum absolute atomic E-state index is 12.0. The Kier molecular flexibility index (Phi) is 4.31. The van der Waals surface area contributed by atoms with Crippen molar-refractivity contribution in [2.75, 3.05) is 10.6 Å². The lowest BCUT2D eigenvalue weighted by molar-refractivity contribution is 0.102. The highest BCUT2D eigenvalue weighted by Crippen LogP contribution is 2.16. The first-order valence-corrected chi connectivity index (χ1v) is 6.42. The summed E-state index contributed by atoms with van der Waals surface area (Å²) in [5.74, 6) is -0.296. The number of amides is 3. The van der Waals surface area contributed by atoms with E-state index in [1.165, 1.54) is 6.20 Å². The molecule has 102 valence electrons. The van der Waals surface area contributed by atoms with Gasteiger partial charge in [0, 0.05) is 28.2 Å². The van der Waals surface area contributed by atoms with Crippen LogP contribution in [0.1, 0.15) is 10.4 Å². The van der Waals surface area contributed by atoms with Crippen molar-refractivity contribution < 1.29 is 9.59 Å². The van der Waals surface area contributed by atoms with Crippen LogP contribution in [0.5, 0.6) is 0 Å². The number of halogens is 1. The fraction of sp³-hybridized carbons (Fsp3) is 0. The Balaban J connectivity index is 2.13. The highest BCUT2D eigenvalue weighted by atomic mass is 79.9. The molecule has 0 atom stereocenters. The maximum atomic E-state index is 12.0. The second-order valence-corrected chi connectivity index (χ2v) is 4.83. The third kappa shape index (κ3) is 3.79. The zero-order chi connectivity index (χ0) is 14.5. The van der Waals surface area contributed by atoms with Gasteiger partial charge in [-0.3, -0.25) is 9.78 Å². The number of pyridine rings is 1. The molecule has 20 heavy (non-hydrogen) atoms. The fourth-order valence-electron chi connectivity index (χ4n) is 1.56. The standard InChI is InChI=1S/C13H11BrN4O2/c14-9-4-8(6-16-7-9)12(19)17-10-2-1-3-11(5-10)18-13(15)20/h1-7H,(H,17,19)(H3,15,18,20). The zero-order valence-corrected chi connectivity index (χ0v) is 11.8. The number of urea groups is 1. The monoisotopic (exact) mass is 334 g/mol. The van der Waals surface area contributed by atoms with Gasteiger partial charge in [0.15, 0.2) is 0 Å². The number of primary amides is 1. The molecule has 0 unspecified atom stereocenters. The molecule has 0 fully saturated rings. The minimum Gasteiger partial charge on any atom is -0.351 e. The normalized spacial score (nSPS) is 9.85. The first-order chi connectivity index (χ1) is 9.54. The quantitative estimate of drug-likeness (QED) is 0.804. The summed E-state index contributed by atoms with van der Waals surface area (Å²) in [6.07, 6.45) is 3.06. The Morgan fingerprint density at radius 3 is 2.45 bits per heavy atom. The molecular formula is C13H11BrN4O2. The average Bonchev–Trinajstić information content (AvgIpc) is 2.38. The van der Waals surface area contributed by atoms with Gasteiger partial charge < -0.3 is 16.4 Å². The average molecular weight is 335 g/mol. The van der Waals surface area contributed by atoms with Crippen molar-refractivity contribution in [1.82, 2.24) is 4.98 Å². The van der Waals surface area contributed by atoms with E-state index in [-0.39, 0.29) is 5.91 Å². The van der Waals surface area contributed by atoms with Crippen molar-refractivity contribution in [3.63, 3.8) is 0 Å². The molecule has 2 aromatic rings. The number of nitrogens with one attached hydrogen (secondary N) is 2. The third-order valence-electron chi connectivity index (χ3n) is 2.36. The summed E-state index contributed by atoms with van der Waals surface area (Å²) >= 11 is 3.25. The van der Waals surface area contributed by atoms with E-state index in [0.29, 0.717) is 21.4 Å². The maximum Gasteiger partial charge on any atom is 0.316 e. The number of nitrogens with two attached hydrogens (primary N) is 1. The number of nitrogens with zero attached hydrogens (tertiary/aromatic N) is 1. The van der Waals surface area contributed by atoms with Gasteiger partial charge >= 0.3 is 6.03 Å². The number of benzene rings is 1. The van der Waals surface area contributed by atoms with Crippen molar-refractivity contribution in [3.05, 3.63) is 52.8 Å². The lowest BCUT2D eigenvalue weighted by Gasteiger charge is -2.07. The van der Waals surface area contributed by atoms with Gasteiger partial charge in [0.25, 0.3) is 5.91 Å². The molecule has 1 aromatic carbocycles. The van der Waals surface area contributed by atoms with Gasteiger partial charge in [0.05, 0.1) is 5.56 Å². The fourth-order valence-corrected chi connectivity index (χ4v) is 1.92. The minimum atomic E-state index is -0.662. The highest BCUT2D eigenvalue weighted by molar-refractivity contribution is 9.10. The lowest BCUT2D eigenvalue weighted by atomic mass is 10.2. The molecule has 0 aliphatic rings. The number of aromatic nitrogens is 1. The molecule has 2 rings (SSSR count). The molecule has 7 heteroatoms. The van der Waals surface area contributed by atoms with E-state index in [9.17, 15) is 9.59 Å².